The standard InChI is InChI=1S/C12H14BrClN2O/c1-17-7-2-3-12(4-7)6-16-11-9(12)10(14)8(13)5-15-11/h5,7H,2-4,6H2,1H3,(H,15,16)/t7-,12+/m1/s1. The highest BCUT2D eigenvalue weighted by Crippen LogP contribution is 2.51. The summed E-state index contributed by atoms with van der Waals surface area (Å²) in [6.07, 6.45) is 5.35. The first-order chi connectivity index (χ1) is 8.16. The second-order valence-electron chi connectivity index (χ2n) is 4.88. The molecule has 0 bridgehead atoms. The van der Waals surface area contributed by atoms with Crippen molar-refractivity contribution in [1.82, 2.24) is 4.98 Å². The molecule has 0 aromatic carbocycles. The third kappa shape index (κ3) is 1.69. The number of pyridine rings is 1. The van der Waals surface area contributed by atoms with Gasteiger partial charge in [0.2, 0.25) is 0 Å². The molecule has 0 saturated heterocycles. The summed E-state index contributed by atoms with van der Waals surface area (Å²) in [6.45, 7) is 0.922. The highest BCUT2D eigenvalue weighted by Gasteiger charge is 2.47. The SMILES string of the molecule is CO[C@@H]1CC[C@@]2(CNc3ncc(Br)c(Cl)c32)C1. The Bertz CT molecular complexity index is 468. The number of rotatable bonds is 1. The number of aromatic nitrogens is 1. The molecule has 3 nitrogen and oxygen atoms in total. The zero-order valence-electron chi connectivity index (χ0n) is 9.59. The predicted octanol–water partition coefficient (Wildman–Crippen LogP) is 3.36. The van der Waals surface area contributed by atoms with Gasteiger partial charge < -0.3 is 10.1 Å². The van der Waals surface area contributed by atoms with Crippen molar-refractivity contribution in [1.29, 1.82) is 0 Å². The van der Waals surface area contributed by atoms with E-state index in [0.717, 1.165) is 41.1 Å². The highest BCUT2D eigenvalue weighted by molar-refractivity contribution is 9.10. The van der Waals surface area contributed by atoms with Crippen LogP contribution in [-0.2, 0) is 10.2 Å². The molecule has 0 radical (unpaired) electrons. The van der Waals surface area contributed by atoms with Gasteiger partial charge in [0, 0.05) is 30.8 Å². The van der Waals surface area contributed by atoms with Crippen LogP contribution in [0, 0.1) is 0 Å². The largest absolute Gasteiger partial charge is 0.381 e. The van der Waals surface area contributed by atoms with Crippen LogP contribution in [0.1, 0.15) is 24.8 Å². The number of halogens is 2. The van der Waals surface area contributed by atoms with E-state index in [4.69, 9.17) is 16.3 Å². The molecule has 1 aliphatic heterocycles. The van der Waals surface area contributed by atoms with Crippen molar-refractivity contribution in [3.05, 3.63) is 21.3 Å². The maximum Gasteiger partial charge on any atom is 0.131 e. The fourth-order valence-electron chi connectivity index (χ4n) is 3.09. The van der Waals surface area contributed by atoms with Gasteiger partial charge in [0.05, 0.1) is 15.6 Å². The Morgan fingerprint density at radius 3 is 3.18 bits per heavy atom. The van der Waals surface area contributed by atoms with Gasteiger partial charge in [0.25, 0.3) is 0 Å². The van der Waals surface area contributed by atoms with Gasteiger partial charge in [-0.3, -0.25) is 0 Å². The van der Waals surface area contributed by atoms with Crippen LogP contribution in [0.2, 0.25) is 5.02 Å². The fraction of sp³-hybridized carbons (Fsp3) is 0.583. The van der Waals surface area contributed by atoms with Crippen molar-refractivity contribution in [3.8, 4) is 0 Å². The molecule has 1 N–H and O–H groups in total. The second-order valence-corrected chi connectivity index (χ2v) is 6.11. The summed E-state index contributed by atoms with van der Waals surface area (Å²) in [5.74, 6) is 0.940. The molecular weight excluding hydrogens is 304 g/mol. The molecule has 3 rings (SSSR count). The van der Waals surface area contributed by atoms with Crippen molar-refractivity contribution in [2.75, 3.05) is 19.0 Å². The van der Waals surface area contributed by atoms with Crippen LogP contribution < -0.4 is 5.32 Å². The van der Waals surface area contributed by atoms with Crippen LogP contribution in [0.4, 0.5) is 5.82 Å². The van der Waals surface area contributed by atoms with E-state index in [1.54, 1.807) is 13.3 Å². The van der Waals surface area contributed by atoms with Gasteiger partial charge in [-0.25, -0.2) is 4.98 Å². The number of anilines is 1. The lowest BCUT2D eigenvalue weighted by atomic mass is 9.81. The van der Waals surface area contributed by atoms with Crippen LogP contribution in [0.5, 0.6) is 0 Å². The van der Waals surface area contributed by atoms with Crippen LogP contribution in [0.15, 0.2) is 10.7 Å². The summed E-state index contributed by atoms with van der Waals surface area (Å²) < 4.78 is 6.36. The Hall–Kier alpha value is -0.320. The predicted molar refractivity (Wildman–Crippen MR) is 71.8 cm³/mol. The molecule has 1 aliphatic carbocycles. The summed E-state index contributed by atoms with van der Waals surface area (Å²) in [7, 11) is 1.79. The topological polar surface area (TPSA) is 34.1 Å². The molecule has 1 aromatic rings. The van der Waals surface area contributed by atoms with Crippen molar-refractivity contribution >= 4 is 33.3 Å². The maximum absolute atomic E-state index is 6.43. The first-order valence-corrected chi connectivity index (χ1v) is 6.94. The molecular formula is C12H14BrClN2O. The third-order valence-electron chi connectivity index (χ3n) is 3.99. The Balaban J connectivity index is 2.06. The number of nitrogens with zero attached hydrogens (tertiary/aromatic N) is 1. The van der Waals surface area contributed by atoms with E-state index in [-0.39, 0.29) is 5.41 Å². The molecule has 0 unspecified atom stereocenters. The number of hydrogen-bond donors (Lipinski definition) is 1. The number of fused-ring (bicyclic) bond motifs is 2. The van der Waals surface area contributed by atoms with E-state index < -0.39 is 0 Å². The van der Waals surface area contributed by atoms with Gasteiger partial charge >= 0.3 is 0 Å². The minimum atomic E-state index is 0.115. The lowest BCUT2D eigenvalue weighted by Crippen LogP contribution is -2.26. The van der Waals surface area contributed by atoms with E-state index in [1.165, 1.54) is 5.56 Å². The third-order valence-corrected chi connectivity index (χ3v) is 5.22. The first-order valence-electron chi connectivity index (χ1n) is 5.77. The van der Waals surface area contributed by atoms with Gasteiger partial charge in [-0.2, -0.15) is 0 Å². The van der Waals surface area contributed by atoms with Crippen LogP contribution in [0.3, 0.4) is 0 Å². The molecule has 2 aliphatic rings. The molecule has 2 atom stereocenters. The summed E-state index contributed by atoms with van der Waals surface area (Å²) >= 11 is 9.89. The number of nitrogens with one attached hydrogen (secondary N) is 1. The zero-order valence-corrected chi connectivity index (χ0v) is 11.9. The summed E-state index contributed by atoms with van der Waals surface area (Å²) in [5, 5.41) is 4.18. The summed E-state index contributed by atoms with van der Waals surface area (Å²) in [4.78, 5) is 4.41. The first kappa shape index (κ1) is 11.8. The summed E-state index contributed by atoms with van der Waals surface area (Å²) in [6, 6.07) is 0. The molecule has 1 saturated carbocycles. The quantitative estimate of drug-likeness (QED) is 0.862. The average molecular weight is 318 g/mol. The Kier molecular flexibility index (Phi) is 2.84. The van der Waals surface area contributed by atoms with Crippen molar-refractivity contribution in [3.63, 3.8) is 0 Å². The molecule has 5 heteroatoms. The van der Waals surface area contributed by atoms with Crippen molar-refractivity contribution in [2.24, 2.45) is 0 Å². The molecule has 2 heterocycles. The number of ether oxygens (including phenoxy) is 1. The van der Waals surface area contributed by atoms with E-state index in [0.29, 0.717) is 6.10 Å². The van der Waals surface area contributed by atoms with Gasteiger partial charge in [0.15, 0.2) is 0 Å². The lowest BCUT2D eigenvalue weighted by molar-refractivity contribution is 0.104. The molecule has 1 spiro atoms. The highest BCUT2D eigenvalue weighted by atomic mass is 79.9. The van der Waals surface area contributed by atoms with Crippen LogP contribution >= 0.6 is 27.5 Å². The maximum atomic E-state index is 6.43. The number of hydrogen-bond acceptors (Lipinski definition) is 3. The van der Waals surface area contributed by atoms with Crippen LogP contribution in [-0.4, -0.2) is 24.7 Å². The molecule has 17 heavy (non-hydrogen) atoms. The van der Waals surface area contributed by atoms with Gasteiger partial charge in [-0.15, -0.1) is 0 Å². The van der Waals surface area contributed by atoms with Crippen molar-refractivity contribution in [2.45, 2.75) is 30.8 Å². The van der Waals surface area contributed by atoms with Gasteiger partial charge in [0.1, 0.15) is 5.82 Å². The van der Waals surface area contributed by atoms with E-state index in [1.807, 2.05) is 0 Å². The minimum absolute atomic E-state index is 0.115. The molecule has 1 aromatic heterocycles. The zero-order chi connectivity index (χ0) is 12.0. The van der Waals surface area contributed by atoms with Gasteiger partial charge in [-0.05, 0) is 35.2 Å². The minimum Gasteiger partial charge on any atom is -0.381 e. The van der Waals surface area contributed by atoms with Gasteiger partial charge in [-0.1, -0.05) is 11.6 Å². The lowest BCUT2D eigenvalue weighted by Gasteiger charge is -2.24. The molecule has 92 valence electrons. The average Bonchev–Trinajstić information content (AvgIpc) is 2.90. The Morgan fingerprint density at radius 1 is 1.65 bits per heavy atom. The monoisotopic (exact) mass is 316 g/mol. The molecule has 0 amide bonds. The Morgan fingerprint density at radius 2 is 2.47 bits per heavy atom. The smallest absolute Gasteiger partial charge is 0.131 e. The van der Waals surface area contributed by atoms with Crippen LogP contribution in [0.25, 0.3) is 0 Å². The fourth-order valence-corrected chi connectivity index (χ4v) is 3.73. The molecule has 1 fully saturated rings. The van der Waals surface area contributed by atoms with E-state index >= 15 is 0 Å². The van der Waals surface area contributed by atoms with E-state index in [9.17, 15) is 0 Å². The summed E-state index contributed by atoms with van der Waals surface area (Å²) in [5.41, 5.74) is 1.29. The number of methoxy groups -OCH3 is 1. The second kappa shape index (κ2) is 4.11. The Labute approximate surface area is 114 Å². The van der Waals surface area contributed by atoms with E-state index in [2.05, 4.69) is 26.2 Å². The normalized spacial score (nSPS) is 30.6. The van der Waals surface area contributed by atoms with Crippen molar-refractivity contribution < 1.29 is 4.74 Å².